The molecule has 0 aromatic carbocycles. The zero-order valence-electron chi connectivity index (χ0n) is 2.33. The van der Waals surface area contributed by atoms with E-state index in [1.807, 2.05) is 0 Å². The van der Waals surface area contributed by atoms with Gasteiger partial charge in [0.2, 0.25) is 0 Å². The third-order valence-electron chi connectivity index (χ3n) is 0. The van der Waals surface area contributed by atoms with E-state index >= 15 is 0 Å². The van der Waals surface area contributed by atoms with Crippen LogP contribution in [0.5, 0.6) is 0 Å². The first-order chi connectivity index (χ1) is 2.00. The maximum absolute atomic E-state index is 9.29. The Bertz CT molecular complexity index is 56.9. The summed E-state index contributed by atoms with van der Waals surface area (Å²) in [6.45, 7) is 0. The molecule has 0 amide bonds. The normalized spacial score (nSPS) is 9.83. The molecule has 2 N–H and O–H groups in total. The third kappa shape index (κ3) is 45.5. The van der Waals surface area contributed by atoms with Crippen molar-refractivity contribution in [2.45, 2.75) is 0 Å². The van der Waals surface area contributed by atoms with Crippen molar-refractivity contribution in [3.63, 3.8) is 0 Å². The van der Waals surface area contributed by atoms with E-state index in [0.29, 0.717) is 0 Å². The van der Waals surface area contributed by atoms with Crippen LogP contribution in [0.2, 0.25) is 0 Å². The second-order valence-electron chi connectivity index (χ2n) is 0.589. The number of hydrogen-bond acceptors (Lipinski definition) is 1. The molecular formula is H5CaO3PSi. The van der Waals surface area contributed by atoms with E-state index in [9.17, 15) is 4.57 Å². The van der Waals surface area contributed by atoms with Crippen LogP contribution < -0.4 is 0 Å². The minimum atomic E-state index is -3.72. The zero-order valence-corrected chi connectivity index (χ0v) is 4.38. The molecule has 0 rings (SSSR count). The average molecular weight is 152 g/mol. The van der Waals surface area contributed by atoms with E-state index in [2.05, 4.69) is 0 Å². The van der Waals surface area contributed by atoms with Crippen LogP contribution in [0.25, 0.3) is 0 Å². The summed E-state index contributed by atoms with van der Waals surface area (Å²) in [7, 11) is -2.34. The molecule has 0 bridgehead atoms. The number of rotatable bonds is 0. The Kier molecular flexibility index (Phi) is 6.36. The molecule has 3 nitrogen and oxygen atoms in total. The second-order valence-corrected chi connectivity index (χ2v) is 3.79. The van der Waals surface area contributed by atoms with Gasteiger partial charge in [-0.05, 0) is 0 Å². The summed E-state index contributed by atoms with van der Waals surface area (Å²) < 4.78 is 9.29. The topological polar surface area (TPSA) is 57.5 Å². The summed E-state index contributed by atoms with van der Waals surface area (Å²) in [6, 6.07) is 0. The fourth-order valence-corrected chi connectivity index (χ4v) is 0. The fourth-order valence-electron chi connectivity index (χ4n) is 0. The van der Waals surface area contributed by atoms with Gasteiger partial charge < -0.3 is 9.79 Å². The summed E-state index contributed by atoms with van der Waals surface area (Å²) in [5.41, 5.74) is 0. The van der Waals surface area contributed by atoms with Crippen LogP contribution in [0.1, 0.15) is 0 Å². The quantitative estimate of drug-likeness (QED) is 0.314. The Morgan fingerprint density at radius 1 is 1.50 bits per heavy atom. The van der Waals surface area contributed by atoms with E-state index in [4.69, 9.17) is 9.79 Å². The molecule has 0 aliphatic rings. The summed E-state index contributed by atoms with van der Waals surface area (Å²) in [4.78, 5) is 15.2. The van der Waals surface area contributed by atoms with Crippen molar-refractivity contribution in [3.05, 3.63) is 0 Å². The van der Waals surface area contributed by atoms with Crippen LogP contribution in [0.4, 0.5) is 0 Å². The Morgan fingerprint density at radius 2 is 1.50 bits per heavy atom. The van der Waals surface area contributed by atoms with Gasteiger partial charge in [0.15, 0.2) is 9.91 Å². The first-order valence-electron chi connectivity index (χ1n) is 0.841. The van der Waals surface area contributed by atoms with Gasteiger partial charge in [-0.3, -0.25) is 4.57 Å². The minimum absolute atomic E-state index is 0. The van der Waals surface area contributed by atoms with Crippen LogP contribution in [0, 0.1) is 0 Å². The van der Waals surface area contributed by atoms with E-state index in [1.54, 1.807) is 0 Å². The fraction of sp³-hybridized carbons (Fsp3) is 0. The Labute approximate surface area is 68.6 Å². The van der Waals surface area contributed by atoms with Crippen LogP contribution in [0.15, 0.2) is 0 Å². The standard InChI is InChI=1S/Ca.H3O3PSi.2H/c;1-4(2,3)5;;/h;5H,(H2,1,2,3);;. The second kappa shape index (κ2) is 3.61. The van der Waals surface area contributed by atoms with Crippen molar-refractivity contribution in [3.8, 4) is 0 Å². The molecule has 0 unspecified atom stereocenters. The number of hydrogen-bond donors (Lipinski definition) is 2. The van der Waals surface area contributed by atoms with Crippen molar-refractivity contribution in [1.29, 1.82) is 0 Å². The molecule has 0 saturated carbocycles. The van der Waals surface area contributed by atoms with Crippen molar-refractivity contribution >= 4 is 54.8 Å². The van der Waals surface area contributed by atoms with Gasteiger partial charge in [0, 0.05) is 0 Å². The van der Waals surface area contributed by atoms with Gasteiger partial charge in [-0.2, -0.15) is 0 Å². The van der Waals surface area contributed by atoms with Crippen LogP contribution >= 0.6 is 7.14 Å². The van der Waals surface area contributed by atoms with E-state index in [1.165, 1.54) is 9.91 Å². The van der Waals surface area contributed by atoms with Gasteiger partial charge in [0.05, 0.1) is 0 Å². The molecule has 6 heteroatoms. The molecule has 0 aromatic rings. The molecule has 0 spiro atoms. The third-order valence-corrected chi connectivity index (χ3v) is 0. The molecule has 0 aliphatic heterocycles. The van der Waals surface area contributed by atoms with Gasteiger partial charge in [-0.1, -0.05) is 0 Å². The zero-order chi connectivity index (χ0) is 4.50. The Morgan fingerprint density at radius 3 is 1.50 bits per heavy atom. The van der Waals surface area contributed by atoms with Gasteiger partial charge in [0.25, 0.3) is 7.14 Å². The predicted molar refractivity (Wildman–Crippen MR) is 27.7 cm³/mol. The van der Waals surface area contributed by atoms with Gasteiger partial charge in [-0.25, -0.2) is 0 Å². The summed E-state index contributed by atoms with van der Waals surface area (Å²) in [6.07, 6.45) is 0. The first-order valence-corrected chi connectivity index (χ1v) is 4.07. The van der Waals surface area contributed by atoms with Gasteiger partial charge in [-0.15, -0.1) is 0 Å². The Hall–Kier alpha value is 1.63. The van der Waals surface area contributed by atoms with Crippen LogP contribution in [-0.4, -0.2) is 57.4 Å². The van der Waals surface area contributed by atoms with E-state index < -0.39 is 7.14 Å². The van der Waals surface area contributed by atoms with Crippen molar-refractivity contribution in [2.75, 3.05) is 0 Å². The molecule has 0 fully saturated rings. The molecule has 0 aliphatic carbocycles. The van der Waals surface area contributed by atoms with Gasteiger partial charge in [0.1, 0.15) is 0 Å². The summed E-state index contributed by atoms with van der Waals surface area (Å²) in [5.74, 6) is 0. The molecular weight excluding hydrogens is 147 g/mol. The first kappa shape index (κ1) is 10.6. The summed E-state index contributed by atoms with van der Waals surface area (Å²) in [5, 5.41) is 0. The van der Waals surface area contributed by atoms with Gasteiger partial charge >= 0.3 is 37.7 Å². The van der Waals surface area contributed by atoms with Crippen LogP contribution in [0.3, 0.4) is 0 Å². The van der Waals surface area contributed by atoms with E-state index in [0.717, 1.165) is 0 Å². The monoisotopic (exact) mass is 152 g/mol. The maximum atomic E-state index is 9.29. The molecule has 0 heterocycles. The molecule has 6 heavy (non-hydrogen) atoms. The molecule has 2 radical (unpaired) electrons. The molecule has 34 valence electrons. The van der Waals surface area contributed by atoms with Crippen molar-refractivity contribution in [2.24, 2.45) is 0 Å². The van der Waals surface area contributed by atoms with E-state index in [-0.39, 0.29) is 37.7 Å². The van der Waals surface area contributed by atoms with Crippen LogP contribution in [-0.2, 0) is 4.57 Å². The molecule has 0 aromatic heterocycles. The Balaban J connectivity index is 0. The van der Waals surface area contributed by atoms with Crippen molar-refractivity contribution in [1.82, 2.24) is 0 Å². The predicted octanol–water partition coefficient (Wildman–Crippen LogP) is -1.94. The SMILES string of the molecule is O=P(O)(O)[SiH].[CaH2]. The molecule has 0 saturated heterocycles. The average Bonchev–Trinajstić information content (AvgIpc) is 0.722. The van der Waals surface area contributed by atoms with Crippen molar-refractivity contribution < 1.29 is 14.4 Å². The summed E-state index contributed by atoms with van der Waals surface area (Å²) >= 11 is 0. The molecule has 0 atom stereocenters.